The average molecular weight is 485 g/mol. The van der Waals surface area contributed by atoms with Gasteiger partial charge in [-0.15, -0.1) is 0 Å². The fourth-order valence-corrected chi connectivity index (χ4v) is 6.04. The van der Waals surface area contributed by atoms with Crippen molar-refractivity contribution in [2.75, 3.05) is 19.6 Å². The van der Waals surface area contributed by atoms with Gasteiger partial charge in [0.1, 0.15) is 0 Å². The lowest BCUT2D eigenvalue weighted by Gasteiger charge is -2.41. The van der Waals surface area contributed by atoms with Crippen LogP contribution in [-0.2, 0) is 11.2 Å². The summed E-state index contributed by atoms with van der Waals surface area (Å²) in [6.07, 6.45) is 8.08. The number of hydrogen-bond acceptors (Lipinski definition) is 3. The third-order valence-electron chi connectivity index (χ3n) is 6.25. The molecule has 7 heteroatoms. The molecule has 0 radical (unpaired) electrons. The first kappa shape index (κ1) is 20.3. The summed E-state index contributed by atoms with van der Waals surface area (Å²) < 4.78 is 1.07. The predicted molar refractivity (Wildman–Crippen MR) is 118 cm³/mol. The van der Waals surface area contributed by atoms with E-state index >= 15 is 0 Å². The molecule has 2 atom stereocenters. The van der Waals surface area contributed by atoms with Gasteiger partial charge in [-0.2, -0.15) is 0 Å². The number of dihydropyridines is 1. The maximum Gasteiger partial charge on any atom is 0.236 e. The Balaban J connectivity index is 1.70. The number of benzene rings is 1. The van der Waals surface area contributed by atoms with E-state index in [0.29, 0.717) is 10.9 Å². The molecule has 0 bridgehead atoms. The van der Waals surface area contributed by atoms with Gasteiger partial charge in [0, 0.05) is 39.7 Å². The topological polar surface area (TPSA) is 58.4 Å². The molecule has 1 amide bonds. The van der Waals surface area contributed by atoms with Gasteiger partial charge in [-0.1, -0.05) is 23.2 Å². The summed E-state index contributed by atoms with van der Waals surface area (Å²) in [5, 5.41) is 5.06. The maximum absolute atomic E-state index is 12.0. The van der Waals surface area contributed by atoms with E-state index in [1.54, 1.807) is 0 Å². The molecule has 2 aliphatic heterocycles. The molecular weight excluding hydrogens is 461 g/mol. The van der Waals surface area contributed by atoms with Crippen LogP contribution in [-0.4, -0.2) is 36.5 Å². The van der Waals surface area contributed by atoms with Gasteiger partial charge >= 0.3 is 0 Å². The minimum atomic E-state index is 0.0350. The highest BCUT2D eigenvalue weighted by molar-refractivity contribution is 9.11. The molecule has 4 nitrogen and oxygen atoms in total. The highest BCUT2D eigenvalue weighted by atomic mass is 79.9. The smallest absolute Gasteiger partial charge is 0.236 e. The number of nitrogens with zero attached hydrogens (tertiary/aromatic N) is 1. The van der Waals surface area contributed by atoms with Crippen molar-refractivity contribution < 1.29 is 4.79 Å². The SMILES string of the molecule is NCC(=O)N1CCC(C2c3c(Cl)cc(Cl)cc3CCC3=CC(Br)=CNC32)CC1. The summed E-state index contributed by atoms with van der Waals surface area (Å²) in [4.78, 5) is 13.9. The second kappa shape index (κ2) is 8.39. The standard InChI is InChI=1S/C21H24BrCl2N3O/c22-15-7-14-2-1-13-8-16(23)9-17(24)19(13)20(21(14)26-11-15)12-3-5-27(6-4-12)18(28)10-25/h7-9,11-12,20-21,26H,1-6,10,25H2. The normalized spacial score (nSPS) is 25.1. The van der Waals surface area contributed by atoms with Gasteiger partial charge in [-0.25, -0.2) is 0 Å². The lowest BCUT2D eigenvalue weighted by Crippen LogP contribution is -2.45. The Kier molecular flexibility index (Phi) is 6.07. The summed E-state index contributed by atoms with van der Waals surface area (Å²) in [7, 11) is 0. The summed E-state index contributed by atoms with van der Waals surface area (Å²) in [5.74, 6) is 0.719. The Bertz CT molecular complexity index is 846. The summed E-state index contributed by atoms with van der Waals surface area (Å²) in [5.41, 5.74) is 9.41. The lowest BCUT2D eigenvalue weighted by atomic mass is 9.73. The number of carbonyl (C=O) groups is 1. The minimum Gasteiger partial charge on any atom is -0.383 e. The zero-order valence-electron chi connectivity index (χ0n) is 15.6. The second-order valence-corrected chi connectivity index (χ2v) is 9.56. The third-order valence-corrected chi connectivity index (χ3v) is 7.24. The van der Waals surface area contributed by atoms with Crippen molar-refractivity contribution in [3.05, 3.63) is 55.6 Å². The molecule has 150 valence electrons. The molecule has 1 aromatic rings. The van der Waals surface area contributed by atoms with Gasteiger partial charge in [-0.3, -0.25) is 4.79 Å². The number of fused-ring (bicyclic) bond motifs is 2. The molecule has 0 spiro atoms. The van der Waals surface area contributed by atoms with Gasteiger partial charge in [-0.05, 0) is 82.4 Å². The van der Waals surface area contributed by atoms with Gasteiger partial charge < -0.3 is 16.0 Å². The molecule has 0 aromatic heterocycles. The Morgan fingerprint density at radius 3 is 2.71 bits per heavy atom. The second-order valence-electron chi connectivity index (χ2n) is 7.80. The van der Waals surface area contributed by atoms with Crippen molar-refractivity contribution in [3.8, 4) is 0 Å². The largest absolute Gasteiger partial charge is 0.383 e. The van der Waals surface area contributed by atoms with Crippen LogP contribution in [0.2, 0.25) is 10.0 Å². The number of aryl methyl sites for hydroxylation is 1. The number of likely N-dealkylation sites (tertiary alicyclic amines) is 1. The third kappa shape index (κ3) is 3.87. The van der Waals surface area contributed by atoms with E-state index in [4.69, 9.17) is 28.9 Å². The van der Waals surface area contributed by atoms with Crippen molar-refractivity contribution in [1.82, 2.24) is 10.2 Å². The number of rotatable bonds is 2. The van der Waals surface area contributed by atoms with Crippen LogP contribution in [0.15, 0.2) is 34.5 Å². The number of carbonyl (C=O) groups excluding carboxylic acids is 1. The van der Waals surface area contributed by atoms with Crippen molar-refractivity contribution in [3.63, 3.8) is 0 Å². The van der Waals surface area contributed by atoms with Gasteiger partial charge in [0.05, 0.1) is 12.6 Å². The van der Waals surface area contributed by atoms with Crippen molar-refractivity contribution in [1.29, 1.82) is 0 Å². The highest BCUT2D eigenvalue weighted by Gasteiger charge is 2.40. The van der Waals surface area contributed by atoms with Crippen LogP contribution in [0.1, 0.15) is 36.3 Å². The fraction of sp³-hybridized carbons (Fsp3) is 0.476. The van der Waals surface area contributed by atoms with Crippen LogP contribution in [0.5, 0.6) is 0 Å². The van der Waals surface area contributed by atoms with E-state index in [0.717, 1.165) is 48.3 Å². The zero-order chi connectivity index (χ0) is 19.8. The monoisotopic (exact) mass is 483 g/mol. The molecule has 3 aliphatic rings. The number of piperidine rings is 1. The van der Waals surface area contributed by atoms with Crippen LogP contribution < -0.4 is 11.1 Å². The highest BCUT2D eigenvalue weighted by Crippen LogP contribution is 2.46. The summed E-state index contributed by atoms with van der Waals surface area (Å²) in [6.45, 7) is 1.59. The number of halogens is 3. The first-order valence-corrected chi connectivity index (χ1v) is 11.3. The van der Waals surface area contributed by atoms with Crippen molar-refractivity contribution >= 4 is 45.0 Å². The first-order chi connectivity index (χ1) is 13.5. The van der Waals surface area contributed by atoms with E-state index < -0.39 is 0 Å². The Labute approximate surface area is 184 Å². The molecule has 1 saturated heterocycles. The molecule has 2 unspecified atom stereocenters. The van der Waals surface area contributed by atoms with E-state index in [9.17, 15) is 4.79 Å². The Hall–Kier alpha value is -1.01. The van der Waals surface area contributed by atoms with Gasteiger partial charge in [0.25, 0.3) is 0 Å². The predicted octanol–water partition coefficient (Wildman–Crippen LogP) is 4.36. The minimum absolute atomic E-state index is 0.0350. The molecule has 0 saturated carbocycles. The quantitative estimate of drug-likeness (QED) is 0.655. The number of hydrogen-bond donors (Lipinski definition) is 2. The molecule has 1 aliphatic carbocycles. The lowest BCUT2D eigenvalue weighted by molar-refractivity contribution is -0.131. The molecule has 1 aromatic carbocycles. The van der Waals surface area contributed by atoms with Crippen LogP contribution >= 0.6 is 39.1 Å². The number of nitrogens with two attached hydrogens (primary N) is 1. The molecule has 4 rings (SSSR count). The van der Waals surface area contributed by atoms with Crippen LogP contribution in [0, 0.1) is 5.92 Å². The van der Waals surface area contributed by atoms with E-state index in [2.05, 4.69) is 33.4 Å². The molecule has 2 heterocycles. The molecule has 28 heavy (non-hydrogen) atoms. The first-order valence-electron chi connectivity index (χ1n) is 9.75. The van der Waals surface area contributed by atoms with E-state index in [1.807, 2.05) is 17.2 Å². The van der Waals surface area contributed by atoms with Crippen molar-refractivity contribution in [2.24, 2.45) is 11.7 Å². The molecular formula is C21H24BrCl2N3O. The zero-order valence-corrected chi connectivity index (χ0v) is 18.7. The fourth-order valence-electron chi connectivity index (χ4n) is 4.96. The number of amides is 1. The van der Waals surface area contributed by atoms with Crippen LogP contribution in [0.4, 0.5) is 0 Å². The van der Waals surface area contributed by atoms with Gasteiger partial charge in [0.2, 0.25) is 5.91 Å². The number of allylic oxidation sites excluding steroid dienone is 2. The molecule has 1 fully saturated rings. The molecule has 3 N–H and O–H groups in total. The van der Waals surface area contributed by atoms with Crippen molar-refractivity contribution in [2.45, 2.75) is 37.6 Å². The Morgan fingerprint density at radius 1 is 1.25 bits per heavy atom. The van der Waals surface area contributed by atoms with Gasteiger partial charge in [0.15, 0.2) is 0 Å². The Morgan fingerprint density at radius 2 is 2.00 bits per heavy atom. The van der Waals surface area contributed by atoms with E-state index in [-0.39, 0.29) is 24.4 Å². The average Bonchev–Trinajstić information content (AvgIpc) is 2.84. The maximum atomic E-state index is 12.0. The number of nitrogens with one attached hydrogen (secondary N) is 1. The van der Waals surface area contributed by atoms with E-state index in [1.165, 1.54) is 16.7 Å². The summed E-state index contributed by atoms with van der Waals surface area (Å²) in [6, 6.07) is 4.15. The summed E-state index contributed by atoms with van der Waals surface area (Å²) >= 11 is 16.7. The van der Waals surface area contributed by atoms with Crippen LogP contribution in [0.3, 0.4) is 0 Å². The van der Waals surface area contributed by atoms with Crippen LogP contribution in [0.25, 0.3) is 0 Å².